The predicted molar refractivity (Wildman–Crippen MR) is 145 cm³/mol. The fourth-order valence-corrected chi connectivity index (χ4v) is 7.25. The van der Waals surface area contributed by atoms with E-state index in [1.54, 1.807) is 29.2 Å². The minimum absolute atomic E-state index is 0.0101. The third kappa shape index (κ3) is 5.80. The third-order valence-corrected chi connectivity index (χ3v) is 8.95. The number of ether oxygens (including phenoxy) is 1. The molecule has 1 aliphatic heterocycles. The maximum Gasteiger partial charge on any atom is 0.446 e. The van der Waals surface area contributed by atoms with Crippen LogP contribution in [0.3, 0.4) is 0 Å². The molecule has 1 aromatic carbocycles. The largest absolute Gasteiger partial charge is 0.494 e. The number of halogens is 5. The van der Waals surface area contributed by atoms with Gasteiger partial charge in [0.2, 0.25) is 5.91 Å². The summed E-state index contributed by atoms with van der Waals surface area (Å²) in [5.41, 5.74) is -2.18. The first-order chi connectivity index (χ1) is 18.1. The number of imidazole rings is 1. The minimum Gasteiger partial charge on any atom is -0.494 e. The van der Waals surface area contributed by atoms with Crippen LogP contribution in [0.1, 0.15) is 23.8 Å². The molecular formula is C24H20BrClF3N5O2S2. The first-order valence-electron chi connectivity index (χ1n) is 11.5. The highest BCUT2D eigenvalue weighted by Gasteiger charge is 2.32. The van der Waals surface area contributed by atoms with E-state index in [0.29, 0.717) is 51.6 Å². The van der Waals surface area contributed by atoms with Crippen molar-refractivity contribution in [3.8, 4) is 17.0 Å². The summed E-state index contributed by atoms with van der Waals surface area (Å²) in [7, 11) is 1.32. The second-order valence-electron chi connectivity index (χ2n) is 8.59. The van der Waals surface area contributed by atoms with Crippen LogP contribution in [0.25, 0.3) is 22.4 Å². The van der Waals surface area contributed by atoms with Crippen molar-refractivity contribution in [2.24, 2.45) is 0 Å². The summed E-state index contributed by atoms with van der Waals surface area (Å²) < 4.78 is 47.1. The number of likely N-dealkylation sites (tertiary alicyclic amines) is 1. The number of hydrogen-bond donors (Lipinski definition) is 0. The van der Waals surface area contributed by atoms with Crippen LogP contribution >= 0.6 is 50.6 Å². The van der Waals surface area contributed by atoms with E-state index < -0.39 is 5.51 Å². The van der Waals surface area contributed by atoms with E-state index in [9.17, 15) is 18.0 Å². The van der Waals surface area contributed by atoms with Gasteiger partial charge in [0.05, 0.1) is 27.8 Å². The van der Waals surface area contributed by atoms with Crippen molar-refractivity contribution in [1.29, 1.82) is 0 Å². The number of alkyl halides is 3. The molecule has 0 unspecified atom stereocenters. The van der Waals surface area contributed by atoms with Gasteiger partial charge in [-0.1, -0.05) is 11.6 Å². The number of amides is 1. The molecule has 0 spiro atoms. The molecule has 1 saturated heterocycles. The number of piperidine rings is 1. The Morgan fingerprint density at radius 1 is 1.29 bits per heavy atom. The lowest BCUT2D eigenvalue weighted by atomic mass is 9.97. The molecule has 1 amide bonds. The Bertz CT molecular complexity index is 1490. The number of thioether (sulfide) groups is 1. The lowest BCUT2D eigenvalue weighted by Gasteiger charge is -2.31. The molecule has 4 aromatic rings. The van der Waals surface area contributed by atoms with Crippen LogP contribution in [0.5, 0.6) is 5.75 Å². The van der Waals surface area contributed by atoms with Crippen molar-refractivity contribution in [3.63, 3.8) is 0 Å². The Balaban J connectivity index is 1.28. The lowest BCUT2D eigenvalue weighted by Crippen LogP contribution is -2.39. The maximum absolute atomic E-state index is 13.1. The Labute approximate surface area is 237 Å². The fraction of sp³-hybridized carbons (Fsp3) is 0.333. The van der Waals surface area contributed by atoms with Gasteiger partial charge in [-0.05, 0) is 64.8 Å². The highest BCUT2D eigenvalue weighted by molar-refractivity contribution is 9.10. The summed E-state index contributed by atoms with van der Waals surface area (Å²) >= 11 is 10.9. The van der Waals surface area contributed by atoms with Gasteiger partial charge < -0.3 is 14.2 Å². The standard InChI is InChI=1S/C24H20BrClF3N5O2S2/c1-36-20-15(25)9-14(10-17(20)38-24(27,28)29)19-21(26)37-23(32-19)13-4-7-33(8-5-13)18(35)11-34-12-31-16-3-2-6-30-22(16)34/h2-3,6,9-10,12-13H,4-5,7-8,11H2,1H3. The predicted octanol–water partition coefficient (Wildman–Crippen LogP) is 7.00. The molecule has 1 fully saturated rings. The van der Waals surface area contributed by atoms with Crippen molar-refractivity contribution in [2.45, 2.75) is 35.7 Å². The number of thiazole rings is 1. The molecule has 0 atom stereocenters. The number of hydrogen-bond acceptors (Lipinski definition) is 7. The molecule has 4 heterocycles. The molecule has 14 heteroatoms. The number of rotatable bonds is 6. The Morgan fingerprint density at radius 3 is 2.76 bits per heavy atom. The number of carbonyl (C=O) groups is 1. The van der Waals surface area contributed by atoms with E-state index in [1.807, 2.05) is 11.0 Å². The van der Waals surface area contributed by atoms with E-state index in [2.05, 4.69) is 25.9 Å². The Morgan fingerprint density at radius 2 is 2.05 bits per heavy atom. The maximum atomic E-state index is 13.1. The van der Waals surface area contributed by atoms with E-state index >= 15 is 0 Å². The van der Waals surface area contributed by atoms with Crippen molar-refractivity contribution in [1.82, 2.24) is 24.4 Å². The minimum atomic E-state index is -4.48. The molecule has 0 aliphatic carbocycles. The van der Waals surface area contributed by atoms with Gasteiger partial charge in [0.25, 0.3) is 0 Å². The van der Waals surface area contributed by atoms with Gasteiger partial charge in [-0.2, -0.15) is 13.2 Å². The van der Waals surface area contributed by atoms with Gasteiger partial charge in [0.1, 0.15) is 27.8 Å². The number of fused-ring (bicyclic) bond motifs is 1. The fourth-order valence-electron chi connectivity index (χ4n) is 4.41. The molecule has 200 valence electrons. The highest BCUT2D eigenvalue weighted by atomic mass is 79.9. The van der Waals surface area contributed by atoms with Gasteiger partial charge in [0, 0.05) is 30.8 Å². The third-order valence-electron chi connectivity index (χ3n) is 6.19. The van der Waals surface area contributed by atoms with Crippen LogP contribution < -0.4 is 4.74 Å². The SMILES string of the molecule is COc1c(Br)cc(-c2nc(C3CCN(C(=O)Cn4cnc5cccnc54)CC3)sc2Cl)cc1SC(F)(F)F. The lowest BCUT2D eigenvalue weighted by molar-refractivity contribution is -0.132. The van der Waals surface area contributed by atoms with Gasteiger partial charge in [-0.25, -0.2) is 15.0 Å². The number of methoxy groups -OCH3 is 1. The van der Waals surface area contributed by atoms with Gasteiger partial charge in [0.15, 0.2) is 5.65 Å². The summed E-state index contributed by atoms with van der Waals surface area (Å²) in [5, 5.41) is 0.805. The normalized spacial score (nSPS) is 14.8. The molecular weight excluding hydrogens is 627 g/mol. The molecule has 38 heavy (non-hydrogen) atoms. The topological polar surface area (TPSA) is 73.1 Å². The molecule has 0 saturated carbocycles. The molecule has 5 rings (SSSR count). The van der Waals surface area contributed by atoms with Crippen LogP contribution in [-0.2, 0) is 11.3 Å². The second-order valence-corrected chi connectivity index (χ2v) is 12.2. The van der Waals surface area contributed by atoms with Gasteiger partial charge in [-0.15, -0.1) is 11.3 Å². The van der Waals surface area contributed by atoms with Gasteiger partial charge >= 0.3 is 5.51 Å². The summed E-state index contributed by atoms with van der Waals surface area (Å²) in [6.07, 6.45) is 4.71. The number of carbonyl (C=O) groups excluding carboxylic acids is 1. The van der Waals surface area contributed by atoms with Crippen LogP contribution in [-0.4, -0.2) is 56.0 Å². The molecule has 0 bridgehead atoms. The monoisotopic (exact) mass is 645 g/mol. The molecule has 1 aliphatic rings. The average molecular weight is 647 g/mol. The van der Waals surface area contributed by atoms with Crippen molar-refractivity contribution in [3.05, 3.63) is 50.6 Å². The number of aromatic nitrogens is 4. The summed E-state index contributed by atoms with van der Waals surface area (Å²) in [6, 6.07) is 6.70. The van der Waals surface area contributed by atoms with Gasteiger partial charge in [-0.3, -0.25) is 4.79 Å². The second kappa shape index (κ2) is 11.0. The van der Waals surface area contributed by atoms with Crippen LogP contribution in [0, 0.1) is 0 Å². The number of pyridine rings is 1. The van der Waals surface area contributed by atoms with Crippen LogP contribution in [0.15, 0.2) is 46.2 Å². The Kier molecular flexibility index (Phi) is 7.90. The van der Waals surface area contributed by atoms with E-state index in [0.717, 1.165) is 10.5 Å². The highest BCUT2D eigenvalue weighted by Crippen LogP contribution is 2.47. The van der Waals surface area contributed by atoms with Crippen molar-refractivity contribution in [2.75, 3.05) is 20.2 Å². The molecule has 0 N–H and O–H groups in total. The Hall–Kier alpha value is -2.35. The summed E-state index contributed by atoms with van der Waals surface area (Å²) in [4.78, 5) is 28.0. The molecule has 0 radical (unpaired) electrons. The zero-order valence-electron chi connectivity index (χ0n) is 19.8. The van der Waals surface area contributed by atoms with E-state index in [4.69, 9.17) is 21.3 Å². The molecule has 7 nitrogen and oxygen atoms in total. The average Bonchev–Trinajstić information content (AvgIpc) is 3.46. The van der Waals surface area contributed by atoms with Crippen molar-refractivity contribution >= 4 is 67.7 Å². The summed E-state index contributed by atoms with van der Waals surface area (Å²) in [5.74, 6) is 0.181. The smallest absolute Gasteiger partial charge is 0.446 e. The first kappa shape index (κ1) is 27.2. The van der Waals surface area contributed by atoms with Crippen LogP contribution in [0.2, 0.25) is 4.34 Å². The number of nitrogens with zero attached hydrogens (tertiary/aromatic N) is 5. The quantitative estimate of drug-likeness (QED) is 0.210. The number of benzene rings is 1. The van der Waals surface area contributed by atoms with Crippen molar-refractivity contribution < 1.29 is 22.7 Å². The molecule has 3 aromatic heterocycles. The summed E-state index contributed by atoms with van der Waals surface area (Å²) in [6.45, 7) is 1.29. The zero-order chi connectivity index (χ0) is 27.0. The van der Waals surface area contributed by atoms with E-state index in [1.165, 1.54) is 24.5 Å². The first-order valence-corrected chi connectivity index (χ1v) is 14.3. The van der Waals surface area contributed by atoms with Crippen LogP contribution in [0.4, 0.5) is 13.2 Å². The van der Waals surface area contributed by atoms with E-state index in [-0.39, 0.29) is 40.8 Å². The zero-order valence-corrected chi connectivity index (χ0v) is 23.8.